The average Bonchev–Trinajstić information content (AvgIpc) is 3.12. The summed E-state index contributed by atoms with van der Waals surface area (Å²) in [6.45, 7) is 0. The number of rotatable bonds is 4. The first-order valence-electron chi connectivity index (χ1n) is 10.5. The molecule has 1 heterocycles. The van der Waals surface area contributed by atoms with Crippen LogP contribution in [0.15, 0.2) is 127 Å². The van der Waals surface area contributed by atoms with Gasteiger partial charge < -0.3 is 4.74 Å². The summed E-state index contributed by atoms with van der Waals surface area (Å²) in [7, 11) is 0. The Balaban J connectivity index is 1.81. The number of carbonyl (C=O) groups excluding carboxylic acids is 2. The van der Waals surface area contributed by atoms with Gasteiger partial charge in [-0.1, -0.05) is 121 Å². The minimum absolute atomic E-state index is 0.0695. The molecule has 3 nitrogen and oxygen atoms in total. The van der Waals surface area contributed by atoms with Gasteiger partial charge in [0.15, 0.2) is 11.2 Å². The van der Waals surface area contributed by atoms with Gasteiger partial charge in [0.2, 0.25) is 5.78 Å². The minimum Gasteiger partial charge on any atom is -0.421 e. The van der Waals surface area contributed by atoms with Gasteiger partial charge in [0, 0.05) is 5.57 Å². The molecule has 0 amide bonds. The van der Waals surface area contributed by atoms with Crippen LogP contribution in [0, 0.1) is 0 Å². The van der Waals surface area contributed by atoms with Crippen LogP contribution < -0.4 is 0 Å². The molecule has 5 rings (SSSR count). The third-order valence-corrected chi connectivity index (χ3v) is 5.81. The van der Waals surface area contributed by atoms with Crippen molar-refractivity contribution in [2.24, 2.45) is 0 Å². The Hall–Kier alpha value is -4.24. The topological polar surface area (TPSA) is 43.4 Å². The predicted octanol–water partition coefficient (Wildman–Crippen LogP) is 5.56. The molecule has 4 aromatic rings. The van der Waals surface area contributed by atoms with Crippen LogP contribution in [-0.4, -0.2) is 11.8 Å². The number of ether oxygens (including phenoxy) is 1. The molecule has 0 radical (unpaired) electrons. The van der Waals surface area contributed by atoms with E-state index in [1.807, 2.05) is 97.1 Å². The van der Waals surface area contributed by atoms with E-state index >= 15 is 0 Å². The molecule has 1 saturated heterocycles. The van der Waals surface area contributed by atoms with Gasteiger partial charge in [-0.25, -0.2) is 4.79 Å². The van der Waals surface area contributed by atoms with Gasteiger partial charge >= 0.3 is 5.97 Å². The summed E-state index contributed by atoms with van der Waals surface area (Å²) in [4.78, 5) is 27.8. The number of carbonyl (C=O) groups is 2. The second kappa shape index (κ2) is 8.12. The summed E-state index contributed by atoms with van der Waals surface area (Å²) in [5.74, 6) is -0.873. The highest BCUT2D eigenvalue weighted by molar-refractivity contribution is 6.27. The summed E-state index contributed by atoms with van der Waals surface area (Å²) in [6.07, 6.45) is 0. The van der Waals surface area contributed by atoms with E-state index in [0.717, 1.165) is 11.1 Å². The number of esters is 1. The first-order valence-corrected chi connectivity index (χ1v) is 10.5. The molecule has 0 N–H and O–H groups in total. The lowest BCUT2D eigenvalue weighted by atomic mass is 9.71. The Bertz CT molecular complexity index is 1210. The quantitative estimate of drug-likeness (QED) is 0.249. The van der Waals surface area contributed by atoms with Crippen LogP contribution in [0.2, 0.25) is 0 Å². The first kappa shape index (κ1) is 19.7. The summed E-state index contributed by atoms with van der Waals surface area (Å²) < 4.78 is 5.86. The average molecular weight is 416 g/mol. The van der Waals surface area contributed by atoms with Crippen LogP contribution in [0.3, 0.4) is 0 Å². The molecule has 0 bridgehead atoms. The molecular weight excluding hydrogens is 396 g/mol. The lowest BCUT2D eigenvalue weighted by Crippen LogP contribution is -2.39. The van der Waals surface area contributed by atoms with Gasteiger partial charge in [-0.3, -0.25) is 4.79 Å². The fourth-order valence-electron chi connectivity index (χ4n) is 4.32. The van der Waals surface area contributed by atoms with Crippen molar-refractivity contribution in [1.82, 2.24) is 0 Å². The lowest BCUT2D eigenvalue weighted by Gasteiger charge is -2.24. The van der Waals surface area contributed by atoms with Crippen LogP contribution in [0.5, 0.6) is 0 Å². The van der Waals surface area contributed by atoms with Crippen LogP contribution in [0.1, 0.15) is 22.3 Å². The Morgan fingerprint density at radius 2 is 0.906 bits per heavy atom. The summed E-state index contributed by atoms with van der Waals surface area (Å²) in [5.41, 5.74) is 1.87. The maximum absolute atomic E-state index is 14.2. The zero-order chi connectivity index (χ0) is 22.0. The van der Waals surface area contributed by atoms with E-state index < -0.39 is 11.4 Å². The fourth-order valence-corrected chi connectivity index (χ4v) is 4.32. The molecule has 0 aromatic heterocycles. The normalized spacial score (nSPS) is 14.8. The van der Waals surface area contributed by atoms with E-state index in [-0.39, 0.29) is 11.5 Å². The van der Waals surface area contributed by atoms with E-state index in [2.05, 4.69) is 0 Å². The Kier molecular flexibility index (Phi) is 5.00. The van der Waals surface area contributed by atoms with Crippen LogP contribution in [0.4, 0.5) is 0 Å². The van der Waals surface area contributed by atoms with Gasteiger partial charge in [0.05, 0.1) is 0 Å². The van der Waals surface area contributed by atoms with Gasteiger partial charge in [-0.05, 0) is 22.3 Å². The molecule has 0 atom stereocenters. The van der Waals surface area contributed by atoms with Gasteiger partial charge in [-0.2, -0.15) is 0 Å². The number of allylic oxidation sites excluding steroid dienone is 1. The van der Waals surface area contributed by atoms with Crippen molar-refractivity contribution in [3.63, 3.8) is 0 Å². The van der Waals surface area contributed by atoms with Crippen molar-refractivity contribution in [3.05, 3.63) is 149 Å². The largest absolute Gasteiger partial charge is 0.421 e. The fraction of sp³-hybridized carbons (Fsp3) is 0.0345. The summed E-state index contributed by atoms with van der Waals surface area (Å²) in [5, 5.41) is 0. The standard InChI is InChI=1S/C29H20O3/c30-27-26(25(21-13-5-1-6-14-21)22-15-7-2-8-16-22)32-28(31)29(27,23-17-9-3-10-18-23)24-19-11-4-12-20-24/h1-20H. The Morgan fingerprint density at radius 1 is 0.531 bits per heavy atom. The maximum Gasteiger partial charge on any atom is 0.334 e. The van der Waals surface area contributed by atoms with E-state index in [4.69, 9.17) is 4.74 Å². The molecule has 1 aliphatic heterocycles. The van der Waals surface area contributed by atoms with Crippen molar-refractivity contribution >= 4 is 17.3 Å². The monoisotopic (exact) mass is 416 g/mol. The van der Waals surface area contributed by atoms with Crippen molar-refractivity contribution in [1.29, 1.82) is 0 Å². The van der Waals surface area contributed by atoms with E-state index in [1.165, 1.54) is 0 Å². The van der Waals surface area contributed by atoms with Crippen molar-refractivity contribution < 1.29 is 14.3 Å². The van der Waals surface area contributed by atoms with Gasteiger partial charge in [0.1, 0.15) is 0 Å². The number of cyclic esters (lactones) is 1. The molecule has 0 saturated carbocycles. The summed E-state index contributed by atoms with van der Waals surface area (Å²) >= 11 is 0. The molecule has 1 aliphatic rings. The number of hydrogen-bond donors (Lipinski definition) is 0. The molecule has 3 heteroatoms. The van der Waals surface area contributed by atoms with Gasteiger partial charge in [-0.15, -0.1) is 0 Å². The molecule has 0 aliphatic carbocycles. The number of benzene rings is 4. The predicted molar refractivity (Wildman–Crippen MR) is 124 cm³/mol. The molecular formula is C29H20O3. The van der Waals surface area contributed by atoms with Crippen LogP contribution in [-0.2, 0) is 19.7 Å². The second-order valence-electron chi connectivity index (χ2n) is 7.64. The molecule has 32 heavy (non-hydrogen) atoms. The van der Waals surface area contributed by atoms with Crippen molar-refractivity contribution in [3.8, 4) is 0 Å². The number of ketones is 1. The van der Waals surface area contributed by atoms with E-state index in [0.29, 0.717) is 16.7 Å². The van der Waals surface area contributed by atoms with Crippen molar-refractivity contribution in [2.75, 3.05) is 0 Å². The highest BCUT2D eigenvalue weighted by atomic mass is 16.6. The molecule has 154 valence electrons. The molecule has 1 fully saturated rings. The maximum atomic E-state index is 14.2. The third kappa shape index (κ3) is 3.07. The number of Topliss-reactive ketones (excluding diaryl/α,β-unsaturated/α-hetero) is 1. The zero-order valence-corrected chi connectivity index (χ0v) is 17.3. The number of hydrogen-bond acceptors (Lipinski definition) is 3. The van der Waals surface area contributed by atoms with E-state index in [1.54, 1.807) is 24.3 Å². The smallest absolute Gasteiger partial charge is 0.334 e. The Morgan fingerprint density at radius 3 is 1.31 bits per heavy atom. The highest BCUT2D eigenvalue weighted by Crippen LogP contribution is 2.45. The van der Waals surface area contributed by atoms with Crippen LogP contribution >= 0.6 is 0 Å². The van der Waals surface area contributed by atoms with Crippen LogP contribution in [0.25, 0.3) is 5.57 Å². The third-order valence-electron chi connectivity index (χ3n) is 5.81. The molecule has 4 aromatic carbocycles. The second-order valence-corrected chi connectivity index (χ2v) is 7.64. The summed E-state index contributed by atoms with van der Waals surface area (Å²) in [6, 6.07) is 37.4. The zero-order valence-electron chi connectivity index (χ0n) is 17.3. The lowest BCUT2D eigenvalue weighted by molar-refractivity contribution is -0.139. The van der Waals surface area contributed by atoms with E-state index in [9.17, 15) is 9.59 Å². The van der Waals surface area contributed by atoms with Gasteiger partial charge in [0.25, 0.3) is 0 Å². The Labute approximate surface area is 186 Å². The molecule has 0 unspecified atom stereocenters. The highest BCUT2D eigenvalue weighted by Gasteiger charge is 2.58. The SMILES string of the molecule is O=C1OC(=C(c2ccccc2)c2ccccc2)C(=O)C1(c1ccccc1)c1ccccc1. The first-order chi connectivity index (χ1) is 15.7. The molecule has 0 spiro atoms. The van der Waals surface area contributed by atoms with Crippen molar-refractivity contribution in [2.45, 2.75) is 5.41 Å². The minimum atomic E-state index is -1.55.